The molecule has 0 atom stereocenters. The van der Waals surface area contributed by atoms with Crippen LogP contribution in [0.1, 0.15) is 31.2 Å². The summed E-state index contributed by atoms with van der Waals surface area (Å²) in [6.07, 6.45) is 0. The Kier molecular flexibility index (Phi) is 3.85. The van der Waals surface area contributed by atoms with Gasteiger partial charge in [-0.1, -0.05) is 12.1 Å². The molecule has 0 saturated heterocycles. The number of amides is 1. The molecule has 0 unspecified atom stereocenters. The van der Waals surface area contributed by atoms with E-state index in [0.717, 1.165) is 16.2 Å². The lowest BCUT2D eigenvalue weighted by atomic mass is 10.1. The molecule has 6 heteroatoms. The average molecular weight is 293 g/mol. The van der Waals surface area contributed by atoms with Gasteiger partial charge in [-0.2, -0.15) is 0 Å². The highest BCUT2D eigenvalue weighted by Gasteiger charge is 2.19. The predicted octanol–water partition coefficient (Wildman–Crippen LogP) is 3.45. The number of carbonyl (C=O) groups is 2. The lowest BCUT2D eigenvalue weighted by molar-refractivity contribution is 0.0698. The molecular formula is C14H12FNO3S. The van der Waals surface area contributed by atoms with Crippen molar-refractivity contribution in [2.75, 3.05) is 5.32 Å². The van der Waals surface area contributed by atoms with E-state index in [9.17, 15) is 14.0 Å². The van der Waals surface area contributed by atoms with Crippen molar-refractivity contribution < 1.29 is 19.1 Å². The van der Waals surface area contributed by atoms with Gasteiger partial charge in [0.15, 0.2) is 0 Å². The molecule has 2 aromatic rings. The SMILES string of the molecule is Cc1cc(C(=O)O)c(NC(=O)c2cccc(C)c2F)s1. The normalized spacial score (nSPS) is 10.3. The number of aryl methyl sites for hydroxylation is 2. The second-order valence-electron chi connectivity index (χ2n) is 4.30. The number of nitrogens with one attached hydrogen (secondary N) is 1. The van der Waals surface area contributed by atoms with Gasteiger partial charge in [0, 0.05) is 4.88 Å². The van der Waals surface area contributed by atoms with Crippen LogP contribution in [0.25, 0.3) is 0 Å². The van der Waals surface area contributed by atoms with Gasteiger partial charge in [0.05, 0.1) is 11.1 Å². The number of hydrogen-bond donors (Lipinski definition) is 2. The van der Waals surface area contributed by atoms with Crippen LogP contribution in [0.2, 0.25) is 0 Å². The van der Waals surface area contributed by atoms with Crippen molar-refractivity contribution in [2.24, 2.45) is 0 Å². The maximum atomic E-state index is 13.8. The lowest BCUT2D eigenvalue weighted by Crippen LogP contribution is -2.15. The Morgan fingerprint density at radius 3 is 2.60 bits per heavy atom. The maximum Gasteiger partial charge on any atom is 0.338 e. The number of hydrogen-bond acceptors (Lipinski definition) is 3. The van der Waals surface area contributed by atoms with Gasteiger partial charge in [0.1, 0.15) is 10.8 Å². The molecular weight excluding hydrogens is 281 g/mol. The Morgan fingerprint density at radius 1 is 1.25 bits per heavy atom. The minimum absolute atomic E-state index is 0.00825. The van der Waals surface area contributed by atoms with Gasteiger partial charge in [-0.15, -0.1) is 11.3 Å². The second kappa shape index (κ2) is 5.42. The summed E-state index contributed by atoms with van der Waals surface area (Å²) in [4.78, 5) is 23.8. The molecule has 0 aliphatic heterocycles. The van der Waals surface area contributed by atoms with Crippen LogP contribution in [0.3, 0.4) is 0 Å². The monoisotopic (exact) mass is 293 g/mol. The molecule has 1 heterocycles. The van der Waals surface area contributed by atoms with E-state index in [4.69, 9.17) is 5.11 Å². The van der Waals surface area contributed by atoms with Crippen LogP contribution in [-0.2, 0) is 0 Å². The summed E-state index contributed by atoms with van der Waals surface area (Å²) in [5.41, 5.74) is 0.264. The predicted molar refractivity (Wildman–Crippen MR) is 75.1 cm³/mol. The Bertz CT molecular complexity index is 694. The Labute approximate surface area is 118 Å². The zero-order valence-corrected chi connectivity index (χ0v) is 11.7. The van der Waals surface area contributed by atoms with E-state index in [2.05, 4.69) is 5.32 Å². The first-order valence-electron chi connectivity index (χ1n) is 5.80. The number of carbonyl (C=O) groups excluding carboxylic acids is 1. The largest absolute Gasteiger partial charge is 0.478 e. The molecule has 1 aromatic heterocycles. The van der Waals surface area contributed by atoms with Crippen molar-refractivity contribution in [1.82, 2.24) is 0 Å². The highest BCUT2D eigenvalue weighted by atomic mass is 32.1. The van der Waals surface area contributed by atoms with Gasteiger partial charge in [-0.05, 0) is 31.5 Å². The third-order valence-corrected chi connectivity index (χ3v) is 3.72. The van der Waals surface area contributed by atoms with Crippen molar-refractivity contribution in [1.29, 1.82) is 0 Å². The van der Waals surface area contributed by atoms with Crippen LogP contribution in [0.5, 0.6) is 0 Å². The zero-order valence-electron chi connectivity index (χ0n) is 10.9. The first-order valence-corrected chi connectivity index (χ1v) is 6.62. The van der Waals surface area contributed by atoms with Gasteiger partial charge in [0.2, 0.25) is 0 Å². The van der Waals surface area contributed by atoms with Crippen LogP contribution in [0, 0.1) is 19.7 Å². The zero-order chi connectivity index (χ0) is 14.9. The van der Waals surface area contributed by atoms with Crippen LogP contribution < -0.4 is 5.32 Å². The Morgan fingerprint density at radius 2 is 1.95 bits per heavy atom. The number of thiophene rings is 1. The number of anilines is 1. The lowest BCUT2D eigenvalue weighted by Gasteiger charge is -2.06. The molecule has 104 valence electrons. The second-order valence-corrected chi connectivity index (χ2v) is 5.55. The molecule has 0 aliphatic carbocycles. The molecule has 2 rings (SSSR count). The number of carboxylic acid groups (broad SMARTS) is 1. The molecule has 1 amide bonds. The third-order valence-electron chi connectivity index (χ3n) is 2.75. The van der Waals surface area contributed by atoms with Gasteiger partial charge < -0.3 is 10.4 Å². The van der Waals surface area contributed by atoms with Crippen molar-refractivity contribution in [2.45, 2.75) is 13.8 Å². The van der Waals surface area contributed by atoms with Crippen LogP contribution in [0.4, 0.5) is 9.39 Å². The molecule has 0 fully saturated rings. The number of benzene rings is 1. The fraction of sp³-hybridized carbons (Fsp3) is 0.143. The summed E-state index contributed by atoms with van der Waals surface area (Å²) in [7, 11) is 0. The van der Waals surface area contributed by atoms with E-state index in [1.165, 1.54) is 12.1 Å². The molecule has 2 N–H and O–H groups in total. The van der Waals surface area contributed by atoms with E-state index in [0.29, 0.717) is 5.56 Å². The smallest absolute Gasteiger partial charge is 0.338 e. The fourth-order valence-electron chi connectivity index (χ4n) is 1.76. The highest BCUT2D eigenvalue weighted by Crippen LogP contribution is 2.28. The van der Waals surface area contributed by atoms with Gasteiger partial charge in [-0.25, -0.2) is 9.18 Å². The van der Waals surface area contributed by atoms with Gasteiger partial charge >= 0.3 is 5.97 Å². The number of aromatic carboxylic acids is 1. The van der Waals surface area contributed by atoms with Crippen LogP contribution in [0.15, 0.2) is 24.3 Å². The standard InChI is InChI=1S/C14H12FNO3S/c1-7-4-3-5-9(11(7)15)12(17)16-13-10(14(18)19)6-8(2)20-13/h3-6H,1-2H3,(H,16,17)(H,18,19). The van der Waals surface area contributed by atoms with Gasteiger partial charge in [0.25, 0.3) is 5.91 Å². The molecule has 0 aliphatic rings. The molecule has 0 radical (unpaired) electrons. The first-order chi connectivity index (χ1) is 9.40. The third kappa shape index (κ3) is 2.70. The quantitative estimate of drug-likeness (QED) is 0.910. The Balaban J connectivity index is 2.33. The summed E-state index contributed by atoms with van der Waals surface area (Å²) in [5, 5.41) is 11.7. The fourth-order valence-corrected chi connectivity index (χ4v) is 2.66. The van der Waals surface area contributed by atoms with Crippen LogP contribution in [-0.4, -0.2) is 17.0 Å². The highest BCUT2D eigenvalue weighted by molar-refractivity contribution is 7.16. The minimum atomic E-state index is -1.13. The summed E-state index contributed by atoms with van der Waals surface area (Å²) >= 11 is 1.14. The molecule has 1 aromatic carbocycles. The van der Waals surface area contributed by atoms with Crippen molar-refractivity contribution in [3.05, 3.63) is 51.7 Å². The number of carboxylic acids is 1. The van der Waals surface area contributed by atoms with Crippen molar-refractivity contribution in [3.8, 4) is 0 Å². The first kappa shape index (κ1) is 14.2. The maximum absolute atomic E-state index is 13.8. The van der Waals surface area contributed by atoms with E-state index in [-0.39, 0.29) is 16.1 Å². The summed E-state index contributed by atoms with van der Waals surface area (Å²) in [6.45, 7) is 3.30. The molecule has 0 spiro atoms. The van der Waals surface area contributed by atoms with E-state index in [1.807, 2.05) is 0 Å². The van der Waals surface area contributed by atoms with Crippen molar-refractivity contribution in [3.63, 3.8) is 0 Å². The number of rotatable bonds is 3. The molecule has 4 nitrogen and oxygen atoms in total. The molecule has 0 bridgehead atoms. The van der Waals surface area contributed by atoms with E-state index in [1.54, 1.807) is 26.0 Å². The topological polar surface area (TPSA) is 66.4 Å². The number of halogens is 1. The van der Waals surface area contributed by atoms with Crippen LogP contribution >= 0.6 is 11.3 Å². The summed E-state index contributed by atoms with van der Waals surface area (Å²) < 4.78 is 13.8. The summed E-state index contributed by atoms with van der Waals surface area (Å²) in [6, 6.07) is 5.96. The Hall–Kier alpha value is -2.21. The molecule has 0 saturated carbocycles. The summed E-state index contributed by atoms with van der Waals surface area (Å²) in [5.74, 6) is -2.39. The average Bonchev–Trinajstić information content (AvgIpc) is 2.73. The van der Waals surface area contributed by atoms with E-state index >= 15 is 0 Å². The van der Waals surface area contributed by atoms with Crippen molar-refractivity contribution >= 4 is 28.2 Å². The molecule has 20 heavy (non-hydrogen) atoms. The van der Waals surface area contributed by atoms with E-state index < -0.39 is 17.7 Å². The van der Waals surface area contributed by atoms with Gasteiger partial charge in [-0.3, -0.25) is 4.79 Å². The minimum Gasteiger partial charge on any atom is -0.478 e.